The Balaban J connectivity index is 0.946. The van der Waals surface area contributed by atoms with Crippen LogP contribution in [-0.4, -0.2) is 133 Å². The van der Waals surface area contributed by atoms with Crippen LogP contribution in [0, 0.1) is 5.92 Å². The third-order valence-electron chi connectivity index (χ3n) is 14.3. The molecule has 7 N–H and O–H groups in total. The number of urea groups is 1. The minimum Gasteiger partial charge on any atom is -0.497 e. The molecule has 1 saturated carbocycles. The van der Waals surface area contributed by atoms with Crippen molar-refractivity contribution in [3.05, 3.63) is 110 Å². The monoisotopic (exact) mass is 1090 g/mol. The predicted octanol–water partition coefficient (Wildman–Crippen LogP) is 4.01. The number of hydrogen-bond donors (Lipinski definition) is 7. The Labute approximate surface area is 451 Å². The van der Waals surface area contributed by atoms with Gasteiger partial charge in [-0.15, -0.1) is 6.58 Å². The molecule has 3 saturated heterocycles. The van der Waals surface area contributed by atoms with Gasteiger partial charge in [0, 0.05) is 72.4 Å². The number of benzene rings is 3. The Bertz CT molecular complexity index is 2990. The van der Waals surface area contributed by atoms with Gasteiger partial charge in [0.15, 0.2) is 0 Å². The van der Waals surface area contributed by atoms with Crippen LogP contribution in [0.5, 0.6) is 11.5 Å². The summed E-state index contributed by atoms with van der Waals surface area (Å²) < 4.78 is 41.0. The average molecular weight is 1090 g/mol. The molecule has 1 aliphatic carbocycles. The average Bonchev–Trinajstić information content (AvgIpc) is 3.82. The van der Waals surface area contributed by atoms with E-state index in [9.17, 15) is 42.0 Å². The minimum atomic E-state index is -4.36. The summed E-state index contributed by atoms with van der Waals surface area (Å²) in [4.78, 5) is 100. The van der Waals surface area contributed by atoms with Crippen LogP contribution < -0.4 is 46.1 Å². The number of nitrogens with zero attached hydrogens (tertiary/aromatic N) is 2. The maximum absolute atomic E-state index is 14.9. The third-order valence-corrected chi connectivity index (χ3v) is 17.2. The number of nitrogens with one attached hydrogen (secondary N) is 7. The lowest BCUT2D eigenvalue weighted by Crippen LogP contribution is -2.59. The van der Waals surface area contributed by atoms with Crippen molar-refractivity contribution >= 4 is 74.2 Å². The van der Waals surface area contributed by atoms with E-state index in [0.717, 1.165) is 36.7 Å². The Kier molecular flexibility index (Phi) is 18.2. The summed E-state index contributed by atoms with van der Waals surface area (Å²) >= 11 is 1.84. The van der Waals surface area contributed by atoms with Crippen molar-refractivity contribution in [2.75, 3.05) is 32.5 Å². The number of thioether (sulfide) groups is 1. The van der Waals surface area contributed by atoms with Crippen molar-refractivity contribution in [3.8, 4) is 22.8 Å². The summed E-state index contributed by atoms with van der Waals surface area (Å²) in [6.07, 6.45) is 6.05. The van der Waals surface area contributed by atoms with Crippen LogP contribution in [-0.2, 0) is 38.8 Å². The van der Waals surface area contributed by atoms with E-state index in [2.05, 4.69) is 49.8 Å². The first kappa shape index (κ1) is 55.8. The van der Waals surface area contributed by atoms with Gasteiger partial charge in [-0.2, -0.15) is 11.8 Å². The molecule has 0 radical (unpaired) electrons. The van der Waals surface area contributed by atoms with Crippen LogP contribution >= 0.6 is 11.8 Å². The zero-order valence-electron chi connectivity index (χ0n) is 42.8. The van der Waals surface area contributed by atoms with Gasteiger partial charge in [-0.3, -0.25) is 28.8 Å². The highest BCUT2D eigenvalue weighted by Crippen LogP contribution is 2.45. The number of methoxy groups -OCH3 is 1. The second kappa shape index (κ2) is 25.1. The fourth-order valence-corrected chi connectivity index (χ4v) is 12.6. The molecule has 3 aromatic carbocycles. The number of fused-ring (bicyclic) bond motifs is 2. The molecule has 77 heavy (non-hydrogen) atoms. The first-order valence-corrected chi connectivity index (χ1v) is 28.4. The number of rotatable bonds is 26. The van der Waals surface area contributed by atoms with Crippen molar-refractivity contribution < 1.29 is 51.5 Å². The standard InChI is InChI=1S/C55H65N9O11S2/c1-4-35-30-55(35,53(70)63-77(72,73)38-19-11-7-12-20-38)62-51(68)44-28-37(75-45-29-40(34-17-9-6-10-18-34)58-41-27-36(74-3)24-25-39(41)45)32-64(44)52(69)42(31-57-47(65)5-2)59-49(67)23-13-8-16-26-56-48(66)22-15-14-21-46-50-43(33-76-46)60-54(71)61-50/h4-7,9-12,17-20,24-25,27,29,35,37,42-44,46,50H,1-2,8,13-16,21-23,26,28,30-33H2,3H3,(H,56,66)(H,57,65)(H,59,67)(H,62,68)(H,63,70)(H2,60,61,71)/t35-,37-,42+,43+,44+,46?,50?,55-/m1/s1. The van der Waals surface area contributed by atoms with E-state index in [4.69, 9.17) is 14.5 Å². The van der Waals surface area contributed by atoms with E-state index in [1.807, 2.05) is 42.1 Å². The molecule has 1 aromatic heterocycles. The number of aromatic nitrogens is 1. The van der Waals surface area contributed by atoms with Crippen LogP contribution in [0.15, 0.2) is 115 Å². The molecule has 4 aromatic rings. The molecule has 20 nitrogen and oxygen atoms in total. The number of unbranched alkanes of at least 4 members (excludes halogenated alkanes) is 3. The Morgan fingerprint density at radius 2 is 1.65 bits per heavy atom. The highest BCUT2D eigenvalue weighted by Gasteiger charge is 2.61. The van der Waals surface area contributed by atoms with Crippen LogP contribution in [0.25, 0.3) is 22.2 Å². The molecule has 408 valence electrons. The first-order valence-electron chi connectivity index (χ1n) is 25.8. The second-order valence-electron chi connectivity index (χ2n) is 19.6. The van der Waals surface area contributed by atoms with Crippen molar-refractivity contribution in [1.82, 2.24) is 46.5 Å². The molecule has 4 heterocycles. The van der Waals surface area contributed by atoms with E-state index in [0.29, 0.717) is 65.6 Å². The first-order chi connectivity index (χ1) is 37.1. The molecular formula is C55H65N9O11S2. The second-order valence-corrected chi connectivity index (χ2v) is 22.5. The number of amides is 8. The van der Waals surface area contributed by atoms with Gasteiger partial charge in [-0.25, -0.2) is 22.9 Å². The summed E-state index contributed by atoms with van der Waals surface area (Å²) in [5.74, 6) is -2.51. The number of carbonyl (C=O) groups excluding carboxylic acids is 7. The molecule has 0 spiro atoms. The van der Waals surface area contributed by atoms with Gasteiger partial charge in [-0.05, 0) is 62.4 Å². The van der Waals surface area contributed by atoms with Gasteiger partial charge in [0.2, 0.25) is 29.5 Å². The van der Waals surface area contributed by atoms with Crippen LogP contribution in [0.1, 0.15) is 64.2 Å². The summed E-state index contributed by atoms with van der Waals surface area (Å²) in [5.41, 5.74) is 0.188. The third kappa shape index (κ3) is 13.8. The van der Waals surface area contributed by atoms with Crippen molar-refractivity contribution in [3.63, 3.8) is 0 Å². The number of ether oxygens (including phenoxy) is 2. The topological polar surface area (TPSA) is 272 Å². The van der Waals surface area contributed by atoms with E-state index in [1.54, 1.807) is 37.4 Å². The predicted molar refractivity (Wildman–Crippen MR) is 290 cm³/mol. The highest BCUT2D eigenvalue weighted by molar-refractivity contribution is 8.00. The molecule has 8 amide bonds. The van der Waals surface area contributed by atoms with Crippen LogP contribution in [0.4, 0.5) is 4.79 Å². The van der Waals surface area contributed by atoms with Crippen LogP contribution in [0.3, 0.4) is 0 Å². The Hall–Kier alpha value is -7.46. The van der Waals surface area contributed by atoms with E-state index in [-0.39, 0.29) is 61.3 Å². The summed E-state index contributed by atoms with van der Waals surface area (Å²) in [6, 6.07) is 21.3. The Morgan fingerprint density at radius 3 is 2.38 bits per heavy atom. The molecule has 8 atom stereocenters. The molecular weight excluding hydrogens is 1030 g/mol. The number of carbonyl (C=O) groups is 7. The minimum absolute atomic E-state index is 0.00982. The summed E-state index contributed by atoms with van der Waals surface area (Å²) in [7, 11) is -2.82. The van der Waals surface area contributed by atoms with Crippen molar-refractivity contribution in [1.29, 1.82) is 0 Å². The number of hydrogen-bond acceptors (Lipinski definition) is 13. The zero-order chi connectivity index (χ0) is 54.7. The van der Waals surface area contributed by atoms with E-state index < -0.39 is 69.2 Å². The van der Waals surface area contributed by atoms with E-state index in [1.165, 1.54) is 35.2 Å². The maximum atomic E-state index is 14.9. The lowest BCUT2D eigenvalue weighted by Gasteiger charge is -2.30. The molecule has 4 fully saturated rings. The number of sulfonamides is 1. The smallest absolute Gasteiger partial charge is 0.315 e. The van der Waals surface area contributed by atoms with E-state index >= 15 is 0 Å². The molecule has 8 rings (SSSR count). The summed E-state index contributed by atoms with van der Waals surface area (Å²) in [5, 5.41) is 17.9. The van der Waals surface area contributed by atoms with Gasteiger partial charge in [0.25, 0.3) is 15.9 Å². The van der Waals surface area contributed by atoms with Gasteiger partial charge < -0.3 is 46.3 Å². The SMILES string of the molecule is C=CC(=O)NC[C@H](NC(=O)CCCCCNC(=O)CCCCC1SC[C@@H]2NC(=O)NC12)C(=O)N1C[C@H](Oc2cc(-c3ccccc3)nc3cc(OC)ccc23)C[C@H]1C(=O)N[C@]1(C(=O)NS(=O)(=O)c2ccccc2)C[C@H]1C=C. The number of pyridine rings is 1. The highest BCUT2D eigenvalue weighted by atomic mass is 32.2. The molecule has 2 unspecified atom stereocenters. The fourth-order valence-electron chi connectivity index (χ4n) is 10.0. The Morgan fingerprint density at radius 1 is 0.909 bits per heavy atom. The number of likely N-dealkylation sites (tertiary alicyclic amines) is 1. The summed E-state index contributed by atoms with van der Waals surface area (Å²) in [6.45, 7) is 7.17. The molecule has 22 heteroatoms. The van der Waals surface area contributed by atoms with Gasteiger partial charge in [0.1, 0.15) is 35.2 Å². The van der Waals surface area contributed by atoms with Crippen molar-refractivity contribution in [2.45, 2.75) is 110 Å². The molecule has 3 aliphatic heterocycles. The lowest BCUT2D eigenvalue weighted by atomic mass is 10.0. The quantitative estimate of drug-likeness (QED) is 0.0203. The van der Waals surface area contributed by atoms with Gasteiger partial charge in [-0.1, -0.05) is 74.0 Å². The molecule has 4 aliphatic rings. The van der Waals surface area contributed by atoms with Gasteiger partial charge in [0.05, 0.1) is 41.8 Å². The molecule has 0 bridgehead atoms. The van der Waals surface area contributed by atoms with Gasteiger partial charge >= 0.3 is 6.03 Å². The lowest BCUT2D eigenvalue weighted by molar-refractivity contribution is -0.142. The maximum Gasteiger partial charge on any atom is 0.315 e. The van der Waals surface area contributed by atoms with Crippen molar-refractivity contribution in [2.24, 2.45) is 5.92 Å². The zero-order valence-corrected chi connectivity index (χ0v) is 44.4. The van der Waals surface area contributed by atoms with Crippen LogP contribution in [0.2, 0.25) is 0 Å². The normalized spacial score (nSPS) is 22.6. The largest absolute Gasteiger partial charge is 0.497 e. The fraction of sp³-hybridized carbons (Fsp3) is 0.418.